The Morgan fingerprint density at radius 3 is 2.58 bits per heavy atom. The van der Waals surface area contributed by atoms with E-state index in [1.165, 1.54) is 18.4 Å². The smallest absolute Gasteiger partial charge is 0.133 e. The standard InChI is InChI=1S/C19H17Br2N3/c20-14-7-9-16(10-8-14)24-19-17(6-1-2-11-22-19)18(23-24)13-4-3-5-15(21)12-13/h3-5,7-10,12,22H,1-2,6,11H2. The second kappa shape index (κ2) is 6.73. The maximum atomic E-state index is 4.96. The molecule has 0 amide bonds. The zero-order valence-electron chi connectivity index (χ0n) is 13.1. The molecule has 1 aliphatic rings. The van der Waals surface area contributed by atoms with Gasteiger partial charge in [-0.15, -0.1) is 0 Å². The van der Waals surface area contributed by atoms with Gasteiger partial charge in [0, 0.05) is 26.6 Å². The fourth-order valence-corrected chi connectivity index (χ4v) is 3.80. The monoisotopic (exact) mass is 445 g/mol. The lowest BCUT2D eigenvalue weighted by Crippen LogP contribution is -2.07. The Bertz CT molecular complexity index is 869. The molecular formula is C19H17Br2N3. The minimum Gasteiger partial charge on any atom is -0.370 e. The van der Waals surface area contributed by atoms with Crippen molar-refractivity contribution in [2.24, 2.45) is 0 Å². The van der Waals surface area contributed by atoms with Crippen molar-refractivity contribution in [1.82, 2.24) is 9.78 Å². The van der Waals surface area contributed by atoms with E-state index in [9.17, 15) is 0 Å². The average molecular weight is 447 g/mol. The van der Waals surface area contributed by atoms with Gasteiger partial charge >= 0.3 is 0 Å². The van der Waals surface area contributed by atoms with Crippen molar-refractivity contribution in [2.45, 2.75) is 19.3 Å². The molecule has 4 rings (SSSR count). The number of nitrogens with one attached hydrogen (secondary N) is 1. The summed E-state index contributed by atoms with van der Waals surface area (Å²) in [6.07, 6.45) is 3.43. The Balaban J connectivity index is 1.90. The van der Waals surface area contributed by atoms with Crippen LogP contribution in [0.15, 0.2) is 57.5 Å². The predicted octanol–water partition coefficient (Wildman–Crippen LogP) is 5.81. The van der Waals surface area contributed by atoms with E-state index in [2.05, 4.69) is 79.6 Å². The van der Waals surface area contributed by atoms with Gasteiger partial charge in [0.2, 0.25) is 0 Å². The lowest BCUT2D eigenvalue weighted by molar-refractivity contribution is 0.780. The minimum atomic E-state index is 0.993. The van der Waals surface area contributed by atoms with E-state index in [-0.39, 0.29) is 0 Å². The van der Waals surface area contributed by atoms with Gasteiger partial charge in [-0.1, -0.05) is 44.0 Å². The first kappa shape index (κ1) is 15.9. The Kier molecular flexibility index (Phi) is 4.46. The molecular weight excluding hydrogens is 430 g/mol. The molecule has 0 saturated carbocycles. The fraction of sp³-hybridized carbons (Fsp3) is 0.211. The van der Waals surface area contributed by atoms with Crippen LogP contribution in [0.25, 0.3) is 16.9 Å². The molecule has 1 aromatic heterocycles. The average Bonchev–Trinajstić information content (AvgIpc) is 2.77. The Labute approximate surface area is 158 Å². The summed E-state index contributed by atoms with van der Waals surface area (Å²) >= 11 is 7.08. The summed E-state index contributed by atoms with van der Waals surface area (Å²) in [4.78, 5) is 0. The third kappa shape index (κ3) is 3.03. The van der Waals surface area contributed by atoms with Gasteiger partial charge in [0.05, 0.1) is 11.4 Å². The molecule has 2 aromatic carbocycles. The molecule has 3 nitrogen and oxygen atoms in total. The number of anilines is 1. The Morgan fingerprint density at radius 1 is 0.958 bits per heavy atom. The van der Waals surface area contributed by atoms with Crippen LogP contribution < -0.4 is 5.32 Å². The van der Waals surface area contributed by atoms with Crippen molar-refractivity contribution in [3.63, 3.8) is 0 Å². The highest BCUT2D eigenvalue weighted by molar-refractivity contribution is 9.10. The summed E-state index contributed by atoms with van der Waals surface area (Å²) in [5, 5.41) is 8.55. The van der Waals surface area contributed by atoms with Gasteiger partial charge in [-0.05, 0) is 55.7 Å². The van der Waals surface area contributed by atoms with Crippen LogP contribution in [0.5, 0.6) is 0 Å². The van der Waals surface area contributed by atoms with E-state index in [0.717, 1.165) is 44.7 Å². The van der Waals surface area contributed by atoms with Crippen molar-refractivity contribution in [2.75, 3.05) is 11.9 Å². The molecule has 24 heavy (non-hydrogen) atoms. The third-order valence-corrected chi connectivity index (χ3v) is 5.32. The highest BCUT2D eigenvalue weighted by Crippen LogP contribution is 2.34. The van der Waals surface area contributed by atoms with E-state index >= 15 is 0 Å². The number of rotatable bonds is 2. The molecule has 3 aromatic rings. The molecule has 0 bridgehead atoms. The van der Waals surface area contributed by atoms with Crippen LogP contribution in [-0.2, 0) is 6.42 Å². The molecule has 0 fully saturated rings. The van der Waals surface area contributed by atoms with Crippen LogP contribution >= 0.6 is 31.9 Å². The summed E-state index contributed by atoms with van der Waals surface area (Å²) in [6.45, 7) is 0.993. The fourth-order valence-electron chi connectivity index (χ4n) is 3.14. The van der Waals surface area contributed by atoms with Crippen LogP contribution in [0.2, 0.25) is 0 Å². The third-order valence-electron chi connectivity index (χ3n) is 4.30. The Morgan fingerprint density at radius 2 is 1.79 bits per heavy atom. The molecule has 5 heteroatoms. The first-order valence-electron chi connectivity index (χ1n) is 8.10. The second-order valence-electron chi connectivity index (χ2n) is 5.96. The zero-order chi connectivity index (χ0) is 16.5. The van der Waals surface area contributed by atoms with Gasteiger partial charge in [0.1, 0.15) is 5.82 Å². The molecule has 0 aliphatic carbocycles. The number of halogens is 2. The highest BCUT2D eigenvalue weighted by Gasteiger charge is 2.21. The van der Waals surface area contributed by atoms with Crippen LogP contribution in [0.3, 0.4) is 0 Å². The number of aromatic nitrogens is 2. The minimum absolute atomic E-state index is 0.993. The quantitative estimate of drug-likeness (QED) is 0.538. The van der Waals surface area contributed by atoms with Gasteiger partial charge in [-0.25, -0.2) is 4.68 Å². The largest absolute Gasteiger partial charge is 0.370 e. The van der Waals surface area contributed by atoms with Crippen LogP contribution in [0, 0.1) is 0 Å². The summed E-state index contributed by atoms with van der Waals surface area (Å²) in [5.74, 6) is 1.13. The van der Waals surface area contributed by atoms with Crippen molar-refractivity contribution in [1.29, 1.82) is 0 Å². The lowest BCUT2D eigenvalue weighted by Gasteiger charge is -2.09. The summed E-state index contributed by atoms with van der Waals surface area (Å²) < 4.78 is 4.20. The van der Waals surface area contributed by atoms with Crippen LogP contribution in [0.1, 0.15) is 18.4 Å². The molecule has 122 valence electrons. The van der Waals surface area contributed by atoms with Gasteiger partial charge in [0.15, 0.2) is 0 Å². The van der Waals surface area contributed by atoms with Gasteiger partial charge < -0.3 is 5.32 Å². The molecule has 1 N–H and O–H groups in total. The van der Waals surface area contributed by atoms with E-state index in [1.807, 2.05) is 10.7 Å². The van der Waals surface area contributed by atoms with E-state index in [0.29, 0.717) is 0 Å². The Hall–Kier alpha value is -1.59. The zero-order valence-corrected chi connectivity index (χ0v) is 16.3. The van der Waals surface area contributed by atoms with Gasteiger partial charge in [0.25, 0.3) is 0 Å². The van der Waals surface area contributed by atoms with Crippen molar-refractivity contribution in [3.8, 4) is 16.9 Å². The first-order valence-corrected chi connectivity index (χ1v) is 9.68. The van der Waals surface area contributed by atoms with Crippen LogP contribution in [-0.4, -0.2) is 16.3 Å². The maximum absolute atomic E-state index is 4.96. The normalized spacial score (nSPS) is 13.9. The molecule has 0 radical (unpaired) electrons. The molecule has 0 unspecified atom stereocenters. The summed E-state index contributed by atoms with van der Waals surface area (Å²) in [6, 6.07) is 16.7. The predicted molar refractivity (Wildman–Crippen MR) is 106 cm³/mol. The number of benzene rings is 2. The van der Waals surface area contributed by atoms with E-state index < -0.39 is 0 Å². The number of fused-ring (bicyclic) bond motifs is 1. The second-order valence-corrected chi connectivity index (χ2v) is 7.79. The summed E-state index contributed by atoms with van der Waals surface area (Å²) in [5.41, 5.74) is 4.61. The number of nitrogens with zero attached hydrogens (tertiary/aromatic N) is 2. The SMILES string of the molecule is Brc1ccc(-n2nc(-c3cccc(Br)c3)c3c2NCCCC3)cc1. The molecule has 2 heterocycles. The molecule has 0 spiro atoms. The molecule has 0 saturated heterocycles. The first-order chi connectivity index (χ1) is 11.7. The van der Waals surface area contributed by atoms with Crippen molar-refractivity contribution >= 4 is 37.7 Å². The van der Waals surface area contributed by atoms with Crippen LogP contribution in [0.4, 0.5) is 5.82 Å². The van der Waals surface area contributed by atoms with Gasteiger partial charge in [-0.2, -0.15) is 5.10 Å². The van der Waals surface area contributed by atoms with E-state index in [1.54, 1.807) is 0 Å². The topological polar surface area (TPSA) is 29.9 Å². The van der Waals surface area contributed by atoms with E-state index in [4.69, 9.17) is 5.10 Å². The highest BCUT2D eigenvalue weighted by atomic mass is 79.9. The number of hydrogen-bond donors (Lipinski definition) is 1. The molecule has 1 aliphatic heterocycles. The lowest BCUT2D eigenvalue weighted by atomic mass is 10.0. The summed E-state index contributed by atoms with van der Waals surface area (Å²) in [7, 11) is 0. The molecule has 0 atom stereocenters. The maximum Gasteiger partial charge on any atom is 0.133 e. The van der Waals surface area contributed by atoms with Crippen molar-refractivity contribution < 1.29 is 0 Å². The number of hydrogen-bond acceptors (Lipinski definition) is 2. The van der Waals surface area contributed by atoms with Gasteiger partial charge in [-0.3, -0.25) is 0 Å². The van der Waals surface area contributed by atoms with Crippen molar-refractivity contribution in [3.05, 3.63) is 63.0 Å².